The van der Waals surface area contributed by atoms with Crippen molar-refractivity contribution in [3.05, 3.63) is 113 Å². The van der Waals surface area contributed by atoms with Gasteiger partial charge in [-0.15, -0.1) is 0 Å². The van der Waals surface area contributed by atoms with E-state index in [1.807, 2.05) is 37.3 Å². The number of amides is 3. The third kappa shape index (κ3) is 10.1. The van der Waals surface area contributed by atoms with Crippen LogP contribution in [0.2, 0.25) is 0 Å². The summed E-state index contributed by atoms with van der Waals surface area (Å²) in [4.78, 5) is 49.7. The largest absolute Gasteiger partial charge is 0.490 e. The summed E-state index contributed by atoms with van der Waals surface area (Å²) in [6, 6.07) is 23.2. The van der Waals surface area contributed by atoms with Gasteiger partial charge in [0.25, 0.3) is 11.8 Å². The molecule has 252 valence electrons. The number of alkyl carbamates (subject to hydrolysis) is 1. The molecule has 49 heavy (non-hydrogen) atoms. The van der Waals surface area contributed by atoms with Crippen LogP contribution in [-0.2, 0) is 4.74 Å². The van der Waals surface area contributed by atoms with E-state index in [9.17, 15) is 19.2 Å². The topological polar surface area (TPSA) is 162 Å². The molecule has 3 aromatic carbocycles. The standard InChI is InChI=1S/C38H38N4O7/c1-25-5-6-29(36(44)42-30-13-14-30)24-33(25)26-7-9-27(10-8-26)35(43)28-11-15-31(16-12-28)47-22-23-48-38(46)41-21-3-20-40-37(45)34-18-17-32(49-34)4-2-19-39/h5-12,15-18,24,30H,3,13-14,19-23,39H2,1H3,(H,40,45)(H,41,46)(H,42,44). The molecule has 0 spiro atoms. The van der Waals surface area contributed by atoms with Crippen molar-refractivity contribution in [2.75, 3.05) is 32.8 Å². The van der Waals surface area contributed by atoms with Crippen LogP contribution >= 0.6 is 0 Å². The van der Waals surface area contributed by atoms with Gasteiger partial charge in [-0.05, 0) is 97.3 Å². The van der Waals surface area contributed by atoms with Crippen LogP contribution in [0.15, 0.2) is 83.3 Å². The van der Waals surface area contributed by atoms with Crippen LogP contribution in [0.5, 0.6) is 5.75 Å². The van der Waals surface area contributed by atoms with E-state index in [4.69, 9.17) is 19.6 Å². The molecule has 5 N–H and O–H groups in total. The number of ether oxygens (including phenoxy) is 2. The molecular formula is C38H38N4O7. The maximum atomic E-state index is 13.1. The summed E-state index contributed by atoms with van der Waals surface area (Å²) < 4.78 is 16.1. The quantitative estimate of drug-likeness (QED) is 0.0865. The van der Waals surface area contributed by atoms with E-state index in [0.717, 1.165) is 29.5 Å². The van der Waals surface area contributed by atoms with Crippen molar-refractivity contribution in [1.82, 2.24) is 16.0 Å². The Bertz CT molecular complexity index is 1850. The van der Waals surface area contributed by atoms with E-state index in [1.54, 1.807) is 42.5 Å². The maximum Gasteiger partial charge on any atom is 0.407 e. The molecule has 0 aliphatic heterocycles. The van der Waals surface area contributed by atoms with Gasteiger partial charge in [0.05, 0.1) is 6.54 Å². The highest BCUT2D eigenvalue weighted by molar-refractivity contribution is 6.09. The Morgan fingerprint density at radius 2 is 1.53 bits per heavy atom. The van der Waals surface area contributed by atoms with Crippen molar-refractivity contribution in [3.63, 3.8) is 0 Å². The third-order valence-electron chi connectivity index (χ3n) is 7.62. The molecule has 0 radical (unpaired) electrons. The average Bonchev–Trinajstić information content (AvgIpc) is 3.81. The average molecular weight is 663 g/mol. The Balaban J connectivity index is 0.993. The van der Waals surface area contributed by atoms with Crippen LogP contribution in [0.4, 0.5) is 4.79 Å². The van der Waals surface area contributed by atoms with Crippen molar-refractivity contribution >= 4 is 23.7 Å². The van der Waals surface area contributed by atoms with Crippen molar-refractivity contribution < 1.29 is 33.1 Å². The Morgan fingerprint density at radius 1 is 0.837 bits per heavy atom. The molecule has 0 bridgehead atoms. The summed E-state index contributed by atoms with van der Waals surface area (Å²) >= 11 is 0. The molecule has 0 saturated heterocycles. The number of nitrogens with two attached hydrogens (primary N) is 1. The molecule has 5 rings (SSSR count). The molecular weight excluding hydrogens is 624 g/mol. The minimum atomic E-state index is -0.599. The van der Waals surface area contributed by atoms with Crippen molar-refractivity contribution in [3.8, 4) is 28.7 Å². The van der Waals surface area contributed by atoms with Gasteiger partial charge < -0.3 is 35.6 Å². The third-order valence-corrected chi connectivity index (χ3v) is 7.62. The summed E-state index contributed by atoms with van der Waals surface area (Å²) in [6.07, 6.45) is 1.95. The minimum absolute atomic E-state index is 0.0248. The molecule has 1 saturated carbocycles. The molecule has 1 heterocycles. The number of carbonyl (C=O) groups excluding carboxylic acids is 4. The monoisotopic (exact) mass is 662 g/mol. The highest BCUT2D eigenvalue weighted by Crippen LogP contribution is 2.27. The normalized spacial score (nSPS) is 11.9. The van der Waals surface area contributed by atoms with Gasteiger partial charge >= 0.3 is 6.09 Å². The van der Waals surface area contributed by atoms with Gasteiger partial charge in [-0.1, -0.05) is 36.3 Å². The van der Waals surface area contributed by atoms with Crippen molar-refractivity contribution in [2.45, 2.75) is 32.2 Å². The summed E-state index contributed by atoms with van der Waals surface area (Å²) in [7, 11) is 0. The zero-order valence-corrected chi connectivity index (χ0v) is 27.2. The highest BCUT2D eigenvalue weighted by Gasteiger charge is 2.24. The van der Waals surface area contributed by atoms with Gasteiger partial charge in [-0.2, -0.15) is 0 Å². The SMILES string of the molecule is Cc1ccc(C(=O)NC2CC2)cc1-c1ccc(C(=O)c2ccc(OCCOC(=O)NCCCNC(=O)c3ccc(C#CCN)o3)cc2)cc1. The molecule has 11 heteroatoms. The second-order valence-corrected chi connectivity index (χ2v) is 11.4. The van der Waals surface area contributed by atoms with E-state index in [2.05, 4.69) is 27.8 Å². The molecule has 1 aliphatic carbocycles. The van der Waals surface area contributed by atoms with E-state index in [-0.39, 0.29) is 49.2 Å². The second kappa shape index (κ2) is 16.8. The number of hydrogen-bond donors (Lipinski definition) is 4. The van der Waals surface area contributed by atoms with Gasteiger partial charge in [0.2, 0.25) is 0 Å². The number of benzene rings is 3. The maximum absolute atomic E-state index is 13.1. The summed E-state index contributed by atoms with van der Waals surface area (Å²) in [6.45, 7) is 2.97. The van der Waals surface area contributed by atoms with Gasteiger partial charge in [-0.3, -0.25) is 14.4 Å². The number of hydrogen-bond acceptors (Lipinski definition) is 8. The van der Waals surface area contributed by atoms with E-state index < -0.39 is 6.09 Å². The lowest BCUT2D eigenvalue weighted by atomic mass is 9.95. The molecule has 1 fully saturated rings. The lowest BCUT2D eigenvalue weighted by molar-refractivity contribution is 0.0922. The summed E-state index contributed by atoms with van der Waals surface area (Å²) in [5, 5.41) is 8.34. The minimum Gasteiger partial charge on any atom is -0.490 e. The molecule has 1 aromatic heterocycles. The predicted octanol–water partition coefficient (Wildman–Crippen LogP) is 4.61. The zero-order valence-electron chi connectivity index (χ0n) is 27.2. The van der Waals surface area contributed by atoms with E-state index in [0.29, 0.717) is 47.7 Å². The highest BCUT2D eigenvalue weighted by atomic mass is 16.6. The summed E-state index contributed by atoms with van der Waals surface area (Å²) in [5.41, 5.74) is 9.90. The molecule has 0 atom stereocenters. The fourth-order valence-corrected chi connectivity index (χ4v) is 4.82. The molecule has 3 amide bonds. The fourth-order valence-electron chi connectivity index (χ4n) is 4.82. The lowest BCUT2D eigenvalue weighted by Gasteiger charge is -2.11. The van der Waals surface area contributed by atoms with Crippen LogP contribution in [0.1, 0.15) is 67.4 Å². The number of rotatable bonds is 14. The first kappa shape index (κ1) is 34.5. The first-order valence-electron chi connectivity index (χ1n) is 16.1. The van der Waals surface area contributed by atoms with Crippen LogP contribution < -0.4 is 26.4 Å². The van der Waals surface area contributed by atoms with Gasteiger partial charge in [0.15, 0.2) is 17.3 Å². The van der Waals surface area contributed by atoms with Crippen LogP contribution in [0.3, 0.4) is 0 Å². The van der Waals surface area contributed by atoms with Crippen LogP contribution in [0, 0.1) is 18.8 Å². The number of ketones is 1. The predicted molar refractivity (Wildman–Crippen MR) is 183 cm³/mol. The first-order chi connectivity index (χ1) is 23.8. The second-order valence-electron chi connectivity index (χ2n) is 11.4. The van der Waals surface area contributed by atoms with Crippen LogP contribution in [0.25, 0.3) is 11.1 Å². The summed E-state index contributed by atoms with van der Waals surface area (Å²) in [5.74, 6) is 5.83. The zero-order chi connectivity index (χ0) is 34.6. The molecule has 1 aliphatic rings. The van der Waals surface area contributed by atoms with Gasteiger partial charge in [0.1, 0.15) is 19.0 Å². The number of furan rings is 1. The van der Waals surface area contributed by atoms with Gasteiger partial charge in [0, 0.05) is 35.8 Å². The van der Waals surface area contributed by atoms with Crippen molar-refractivity contribution in [1.29, 1.82) is 0 Å². The van der Waals surface area contributed by atoms with E-state index >= 15 is 0 Å². The van der Waals surface area contributed by atoms with Crippen LogP contribution in [-0.4, -0.2) is 62.6 Å². The Kier molecular flexibility index (Phi) is 11.8. The lowest BCUT2D eigenvalue weighted by Crippen LogP contribution is -2.30. The number of carbonyl (C=O) groups is 4. The Morgan fingerprint density at radius 3 is 2.24 bits per heavy atom. The Hall–Kier alpha value is -5.86. The Labute approximate surface area is 284 Å². The number of aryl methyl sites for hydroxylation is 1. The van der Waals surface area contributed by atoms with E-state index in [1.165, 1.54) is 6.07 Å². The molecule has 0 unspecified atom stereocenters. The molecule has 4 aromatic rings. The fraction of sp³-hybridized carbons (Fsp3) is 0.263. The van der Waals surface area contributed by atoms with Crippen molar-refractivity contribution in [2.24, 2.45) is 5.73 Å². The van der Waals surface area contributed by atoms with Gasteiger partial charge in [-0.25, -0.2) is 4.79 Å². The number of nitrogens with one attached hydrogen (secondary N) is 3. The smallest absolute Gasteiger partial charge is 0.407 e. The molecule has 11 nitrogen and oxygen atoms in total. The first-order valence-corrected chi connectivity index (χ1v) is 16.1.